The van der Waals surface area contributed by atoms with E-state index in [4.69, 9.17) is 10.5 Å². The van der Waals surface area contributed by atoms with Gasteiger partial charge in [0.1, 0.15) is 5.82 Å². The topological polar surface area (TPSA) is 48.1 Å². The number of aryl methyl sites for hydroxylation is 1. The van der Waals surface area contributed by atoms with Gasteiger partial charge in [0.15, 0.2) is 0 Å². The minimum atomic E-state index is 0.397. The van der Waals surface area contributed by atoms with E-state index in [9.17, 15) is 0 Å². The van der Waals surface area contributed by atoms with E-state index in [0.717, 1.165) is 11.1 Å². The molecule has 0 radical (unpaired) electrons. The SMILES string of the molecule is Cc1ccnc(N)c1COCS. The van der Waals surface area contributed by atoms with Crippen LogP contribution in [0, 0.1) is 6.92 Å². The highest BCUT2D eigenvalue weighted by molar-refractivity contribution is 7.80. The van der Waals surface area contributed by atoms with Crippen molar-refractivity contribution in [1.29, 1.82) is 0 Å². The lowest BCUT2D eigenvalue weighted by Crippen LogP contribution is -2.01. The van der Waals surface area contributed by atoms with Crippen molar-refractivity contribution in [3.63, 3.8) is 0 Å². The zero-order valence-electron chi connectivity index (χ0n) is 6.95. The Hall–Kier alpha value is -0.740. The van der Waals surface area contributed by atoms with Crippen LogP contribution in [0.5, 0.6) is 0 Å². The molecule has 0 amide bonds. The fourth-order valence-corrected chi connectivity index (χ4v) is 1.04. The number of nitrogens with two attached hydrogens (primary N) is 1. The molecule has 66 valence electrons. The van der Waals surface area contributed by atoms with Crippen molar-refractivity contribution in [2.75, 3.05) is 11.7 Å². The summed E-state index contributed by atoms with van der Waals surface area (Å²) in [7, 11) is 0. The minimum absolute atomic E-state index is 0.397. The first-order valence-corrected chi connectivity index (χ1v) is 4.27. The van der Waals surface area contributed by atoms with Crippen LogP contribution in [-0.4, -0.2) is 10.9 Å². The quantitative estimate of drug-likeness (QED) is 0.551. The summed E-state index contributed by atoms with van der Waals surface area (Å²) in [4.78, 5) is 3.97. The van der Waals surface area contributed by atoms with Gasteiger partial charge < -0.3 is 10.5 Å². The van der Waals surface area contributed by atoms with Gasteiger partial charge in [-0.15, -0.1) is 0 Å². The summed E-state index contributed by atoms with van der Waals surface area (Å²) < 4.78 is 5.13. The zero-order chi connectivity index (χ0) is 8.97. The van der Waals surface area contributed by atoms with Gasteiger partial charge in [0.05, 0.1) is 12.5 Å². The molecule has 0 spiro atoms. The van der Waals surface area contributed by atoms with Crippen LogP contribution in [0.15, 0.2) is 12.3 Å². The van der Waals surface area contributed by atoms with Crippen molar-refractivity contribution >= 4 is 18.4 Å². The number of hydrogen-bond acceptors (Lipinski definition) is 4. The third-order valence-corrected chi connectivity index (χ3v) is 1.84. The first kappa shape index (κ1) is 9.35. The fourth-order valence-electron chi connectivity index (χ4n) is 0.945. The highest BCUT2D eigenvalue weighted by Gasteiger charge is 2.02. The molecule has 12 heavy (non-hydrogen) atoms. The van der Waals surface area contributed by atoms with E-state index in [1.54, 1.807) is 6.20 Å². The molecule has 0 aliphatic rings. The molecule has 0 saturated carbocycles. The van der Waals surface area contributed by atoms with Crippen molar-refractivity contribution in [2.45, 2.75) is 13.5 Å². The molecule has 0 saturated heterocycles. The summed E-state index contributed by atoms with van der Waals surface area (Å²) in [5.41, 5.74) is 7.70. The van der Waals surface area contributed by atoms with E-state index >= 15 is 0 Å². The number of nitrogen functional groups attached to an aromatic ring is 1. The van der Waals surface area contributed by atoms with Crippen LogP contribution in [0.3, 0.4) is 0 Å². The highest BCUT2D eigenvalue weighted by Crippen LogP contribution is 2.14. The Bertz CT molecular complexity index is 245. The lowest BCUT2D eigenvalue weighted by molar-refractivity contribution is 0.170. The molecule has 0 aliphatic heterocycles. The summed E-state index contributed by atoms with van der Waals surface area (Å²) in [5, 5.41) is 0. The highest BCUT2D eigenvalue weighted by atomic mass is 32.1. The molecular weight excluding hydrogens is 172 g/mol. The van der Waals surface area contributed by atoms with Crippen LogP contribution >= 0.6 is 12.6 Å². The maximum atomic E-state index is 5.65. The van der Waals surface area contributed by atoms with Gasteiger partial charge in [-0.1, -0.05) is 0 Å². The van der Waals surface area contributed by atoms with Crippen molar-refractivity contribution < 1.29 is 4.74 Å². The second kappa shape index (κ2) is 4.33. The van der Waals surface area contributed by atoms with Gasteiger partial charge >= 0.3 is 0 Å². The molecular formula is C8H12N2OS. The van der Waals surface area contributed by atoms with Crippen molar-refractivity contribution in [2.24, 2.45) is 0 Å². The number of aromatic nitrogens is 1. The van der Waals surface area contributed by atoms with Crippen molar-refractivity contribution in [3.05, 3.63) is 23.4 Å². The van der Waals surface area contributed by atoms with Gasteiger partial charge in [-0.2, -0.15) is 12.6 Å². The van der Waals surface area contributed by atoms with E-state index in [2.05, 4.69) is 17.6 Å². The van der Waals surface area contributed by atoms with Crippen LogP contribution in [0.2, 0.25) is 0 Å². The maximum Gasteiger partial charge on any atom is 0.129 e. The summed E-state index contributed by atoms with van der Waals surface area (Å²) in [6.07, 6.45) is 1.69. The molecule has 0 unspecified atom stereocenters. The van der Waals surface area contributed by atoms with Gasteiger partial charge in [0.25, 0.3) is 0 Å². The largest absolute Gasteiger partial charge is 0.383 e. The predicted octanol–water partition coefficient (Wildman–Crippen LogP) is 1.38. The van der Waals surface area contributed by atoms with Crippen molar-refractivity contribution in [3.8, 4) is 0 Å². The second-order valence-corrected chi connectivity index (χ2v) is 2.73. The molecule has 0 aliphatic carbocycles. The summed E-state index contributed by atoms with van der Waals surface area (Å²) >= 11 is 3.94. The number of anilines is 1. The van der Waals surface area contributed by atoms with E-state index in [1.807, 2.05) is 13.0 Å². The maximum absolute atomic E-state index is 5.65. The average molecular weight is 184 g/mol. The molecule has 1 aromatic heterocycles. The van der Waals surface area contributed by atoms with Gasteiger partial charge in [-0.25, -0.2) is 4.98 Å². The average Bonchev–Trinajstić information content (AvgIpc) is 2.04. The third kappa shape index (κ3) is 2.12. The lowest BCUT2D eigenvalue weighted by atomic mass is 10.1. The Morgan fingerprint density at radius 3 is 3.00 bits per heavy atom. The van der Waals surface area contributed by atoms with Gasteiger partial charge in [-0.3, -0.25) is 0 Å². The molecule has 0 aromatic carbocycles. The van der Waals surface area contributed by atoms with E-state index in [0.29, 0.717) is 18.4 Å². The monoisotopic (exact) mass is 184 g/mol. The van der Waals surface area contributed by atoms with E-state index in [1.165, 1.54) is 0 Å². The number of pyridine rings is 1. The number of nitrogens with zero attached hydrogens (tertiary/aromatic N) is 1. The zero-order valence-corrected chi connectivity index (χ0v) is 7.84. The summed E-state index contributed by atoms with van der Waals surface area (Å²) in [5.74, 6) is 0.935. The molecule has 0 bridgehead atoms. The molecule has 1 heterocycles. The fraction of sp³-hybridized carbons (Fsp3) is 0.375. The standard InChI is InChI=1S/C8H12N2OS/c1-6-2-3-10-8(9)7(6)4-11-5-12/h2-3,12H,4-5H2,1H3,(H2,9,10). The first-order valence-electron chi connectivity index (χ1n) is 3.64. The lowest BCUT2D eigenvalue weighted by Gasteiger charge is -2.07. The number of thiol groups is 1. The first-order chi connectivity index (χ1) is 5.75. The number of hydrogen-bond donors (Lipinski definition) is 2. The number of ether oxygens (including phenoxy) is 1. The van der Waals surface area contributed by atoms with Crippen LogP contribution in [-0.2, 0) is 11.3 Å². The predicted molar refractivity (Wildman–Crippen MR) is 52.0 cm³/mol. The Labute approximate surface area is 77.4 Å². The molecule has 3 nitrogen and oxygen atoms in total. The minimum Gasteiger partial charge on any atom is -0.383 e. The number of rotatable bonds is 3. The van der Waals surface area contributed by atoms with Gasteiger partial charge in [-0.05, 0) is 18.6 Å². The molecule has 2 N–H and O–H groups in total. The summed E-state index contributed by atoms with van der Waals surface area (Å²) in [6, 6.07) is 1.91. The Balaban J connectivity index is 2.81. The van der Waals surface area contributed by atoms with Crippen LogP contribution in [0.25, 0.3) is 0 Å². The smallest absolute Gasteiger partial charge is 0.129 e. The van der Waals surface area contributed by atoms with Crippen LogP contribution in [0.4, 0.5) is 5.82 Å². The van der Waals surface area contributed by atoms with E-state index < -0.39 is 0 Å². The Morgan fingerprint density at radius 2 is 2.42 bits per heavy atom. The summed E-state index contributed by atoms with van der Waals surface area (Å²) in [6.45, 7) is 2.46. The normalized spacial score (nSPS) is 10.2. The Kier molecular flexibility index (Phi) is 3.37. The van der Waals surface area contributed by atoms with Crippen LogP contribution < -0.4 is 5.73 Å². The van der Waals surface area contributed by atoms with E-state index in [-0.39, 0.29) is 0 Å². The molecule has 4 heteroatoms. The molecule has 0 atom stereocenters. The van der Waals surface area contributed by atoms with Crippen molar-refractivity contribution in [1.82, 2.24) is 4.98 Å². The van der Waals surface area contributed by atoms with Gasteiger partial charge in [0, 0.05) is 11.8 Å². The Morgan fingerprint density at radius 1 is 1.67 bits per heavy atom. The third-order valence-electron chi connectivity index (χ3n) is 1.66. The van der Waals surface area contributed by atoms with Crippen LogP contribution in [0.1, 0.15) is 11.1 Å². The molecule has 1 aromatic rings. The van der Waals surface area contributed by atoms with Gasteiger partial charge in [0.2, 0.25) is 0 Å². The second-order valence-electron chi connectivity index (χ2n) is 2.47. The molecule has 0 fully saturated rings. The molecule has 1 rings (SSSR count).